The Morgan fingerprint density at radius 2 is 1.33 bits per heavy atom. The van der Waals surface area contributed by atoms with E-state index in [4.69, 9.17) is 18.9 Å². The minimum absolute atomic E-state index is 0.252. The molecule has 21 heavy (non-hydrogen) atoms. The minimum atomic E-state index is -0.284. The number of amides is 1. The summed E-state index contributed by atoms with van der Waals surface area (Å²) in [4.78, 5) is 20.7. The van der Waals surface area contributed by atoms with E-state index in [1.54, 1.807) is 0 Å². The van der Waals surface area contributed by atoms with Gasteiger partial charge in [0.15, 0.2) is 0 Å². The lowest BCUT2D eigenvalue weighted by molar-refractivity contribution is -0.142. The Morgan fingerprint density at radius 1 is 0.857 bits per heavy atom. The number of hydrogen-bond acceptors (Lipinski definition) is 7. The molecule has 1 amide bonds. The third-order valence-corrected chi connectivity index (χ3v) is 2.27. The molecule has 0 aromatic rings. The van der Waals surface area contributed by atoms with E-state index in [-0.39, 0.29) is 12.4 Å². The molecule has 0 aromatic carbocycles. The Hall–Kier alpha value is -1.22. The monoisotopic (exact) mass is 307 g/mol. The van der Waals surface area contributed by atoms with Crippen molar-refractivity contribution in [3.63, 3.8) is 0 Å². The number of nitrogens with one attached hydrogen (secondary N) is 1. The Morgan fingerprint density at radius 3 is 1.81 bits per heavy atom. The predicted octanol–water partition coefficient (Wildman–Crippen LogP) is -0.638. The van der Waals surface area contributed by atoms with Gasteiger partial charge in [-0.15, -0.1) is 0 Å². The number of carbonyl (C=O) groups excluding carboxylic acids is 2. The van der Waals surface area contributed by atoms with Crippen molar-refractivity contribution in [1.82, 2.24) is 5.32 Å². The summed E-state index contributed by atoms with van der Waals surface area (Å²) >= 11 is 0. The van der Waals surface area contributed by atoms with Crippen molar-refractivity contribution in [2.75, 3.05) is 66.5 Å². The van der Waals surface area contributed by atoms with Crippen molar-refractivity contribution >= 4 is 12.4 Å². The highest BCUT2D eigenvalue weighted by atomic mass is 16.6. The lowest BCUT2D eigenvalue weighted by atomic mass is 10.5. The van der Waals surface area contributed by atoms with E-state index in [2.05, 4.69) is 10.1 Å². The van der Waals surface area contributed by atoms with Gasteiger partial charge in [-0.1, -0.05) is 0 Å². The number of ether oxygens (including phenoxy) is 5. The third kappa shape index (κ3) is 16.7. The topological polar surface area (TPSA) is 92.3 Å². The molecule has 8 heteroatoms. The average Bonchev–Trinajstić information content (AvgIpc) is 2.50. The predicted molar refractivity (Wildman–Crippen MR) is 74.0 cm³/mol. The van der Waals surface area contributed by atoms with Gasteiger partial charge in [0.05, 0.1) is 66.4 Å². The molecule has 124 valence electrons. The highest BCUT2D eigenvalue weighted by Gasteiger charge is 1.98. The molecular formula is C13H25NO7. The fraction of sp³-hybridized carbons (Fsp3) is 0.846. The molecule has 0 spiro atoms. The largest absolute Gasteiger partial charge is 0.469 e. The molecule has 8 nitrogen and oxygen atoms in total. The minimum Gasteiger partial charge on any atom is -0.469 e. The number of rotatable bonds is 16. The molecule has 0 unspecified atom stereocenters. The van der Waals surface area contributed by atoms with E-state index in [1.807, 2.05) is 0 Å². The van der Waals surface area contributed by atoms with Gasteiger partial charge < -0.3 is 29.0 Å². The molecular weight excluding hydrogens is 282 g/mol. The summed E-state index contributed by atoms with van der Waals surface area (Å²) in [5, 5.41) is 2.49. The smallest absolute Gasteiger partial charge is 0.307 e. The van der Waals surface area contributed by atoms with Crippen LogP contribution in [0.3, 0.4) is 0 Å². The molecule has 0 radical (unpaired) electrons. The normalized spacial score (nSPS) is 10.3. The van der Waals surface area contributed by atoms with Crippen molar-refractivity contribution in [3.05, 3.63) is 0 Å². The molecule has 0 atom stereocenters. The Kier molecular flexibility index (Phi) is 15.9. The van der Waals surface area contributed by atoms with E-state index in [0.29, 0.717) is 65.8 Å². The van der Waals surface area contributed by atoms with E-state index in [9.17, 15) is 9.59 Å². The van der Waals surface area contributed by atoms with Crippen LogP contribution in [0.2, 0.25) is 0 Å². The first-order chi connectivity index (χ1) is 10.3. The van der Waals surface area contributed by atoms with Gasteiger partial charge in [0.1, 0.15) is 0 Å². The molecule has 0 saturated carbocycles. The molecule has 0 saturated heterocycles. The number of esters is 1. The summed E-state index contributed by atoms with van der Waals surface area (Å²) in [5.41, 5.74) is 0. The van der Waals surface area contributed by atoms with Crippen LogP contribution in [0.25, 0.3) is 0 Å². The van der Waals surface area contributed by atoms with Gasteiger partial charge in [-0.3, -0.25) is 9.59 Å². The quantitative estimate of drug-likeness (QED) is 0.230. The van der Waals surface area contributed by atoms with Crippen molar-refractivity contribution in [3.8, 4) is 0 Å². The zero-order valence-electron chi connectivity index (χ0n) is 12.5. The van der Waals surface area contributed by atoms with Crippen LogP contribution < -0.4 is 5.32 Å². The van der Waals surface area contributed by atoms with Crippen LogP contribution >= 0.6 is 0 Å². The fourth-order valence-corrected chi connectivity index (χ4v) is 1.21. The van der Waals surface area contributed by atoms with Gasteiger partial charge in [-0.25, -0.2) is 0 Å². The van der Waals surface area contributed by atoms with Crippen LogP contribution in [0.5, 0.6) is 0 Å². The Balaban J connectivity index is 2.99. The highest BCUT2D eigenvalue weighted by molar-refractivity contribution is 5.69. The standard InChI is InChI=1S/C13H25NO7/c1-17-13(16)2-4-18-6-8-20-10-11-21-9-7-19-5-3-14-12-15/h12H,2-11H2,1H3,(H,14,15). The van der Waals surface area contributed by atoms with Crippen molar-refractivity contribution < 1.29 is 33.3 Å². The summed E-state index contributed by atoms with van der Waals surface area (Å²) in [6.07, 6.45) is 0.887. The number of carbonyl (C=O) groups is 2. The SMILES string of the molecule is COC(=O)CCOCCOCCOCCOCCNC=O. The van der Waals surface area contributed by atoms with Crippen molar-refractivity contribution in [2.24, 2.45) is 0 Å². The summed E-state index contributed by atoms with van der Waals surface area (Å²) in [6.45, 7) is 4.14. The molecule has 0 heterocycles. The van der Waals surface area contributed by atoms with Gasteiger partial charge in [0.25, 0.3) is 0 Å². The molecule has 0 aliphatic rings. The number of hydrogen-bond donors (Lipinski definition) is 1. The maximum absolute atomic E-state index is 10.8. The second kappa shape index (κ2) is 16.8. The van der Waals surface area contributed by atoms with Crippen LogP contribution in [0.4, 0.5) is 0 Å². The maximum atomic E-state index is 10.8. The first-order valence-corrected chi connectivity index (χ1v) is 6.86. The third-order valence-electron chi connectivity index (χ3n) is 2.27. The summed E-state index contributed by atoms with van der Waals surface area (Å²) in [7, 11) is 1.35. The van der Waals surface area contributed by atoms with Crippen LogP contribution in [0.1, 0.15) is 6.42 Å². The fourth-order valence-electron chi connectivity index (χ4n) is 1.21. The first-order valence-electron chi connectivity index (χ1n) is 6.86. The molecule has 0 bridgehead atoms. The Labute approximate surface area is 125 Å². The van der Waals surface area contributed by atoms with Crippen LogP contribution in [0, 0.1) is 0 Å². The summed E-state index contributed by atoms with van der Waals surface area (Å²) < 4.78 is 25.4. The molecule has 0 aliphatic heterocycles. The zero-order chi connectivity index (χ0) is 15.6. The highest BCUT2D eigenvalue weighted by Crippen LogP contribution is 1.87. The van der Waals surface area contributed by atoms with Gasteiger partial charge in [0.2, 0.25) is 6.41 Å². The van der Waals surface area contributed by atoms with Crippen LogP contribution in [-0.4, -0.2) is 78.9 Å². The summed E-state index contributed by atoms with van der Waals surface area (Å²) in [5.74, 6) is -0.284. The molecule has 0 rings (SSSR count). The summed E-state index contributed by atoms with van der Waals surface area (Å²) in [6, 6.07) is 0. The molecule has 1 N–H and O–H groups in total. The van der Waals surface area contributed by atoms with Gasteiger partial charge in [0, 0.05) is 6.54 Å². The van der Waals surface area contributed by atoms with E-state index < -0.39 is 0 Å². The lowest BCUT2D eigenvalue weighted by Crippen LogP contribution is -2.19. The molecule has 0 fully saturated rings. The van der Waals surface area contributed by atoms with Crippen LogP contribution in [0.15, 0.2) is 0 Å². The lowest BCUT2D eigenvalue weighted by Gasteiger charge is -2.07. The van der Waals surface area contributed by atoms with E-state index >= 15 is 0 Å². The Bertz CT molecular complexity index is 251. The van der Waals surface area contributed by atoms with Crippen molar-refractivity contribution in [1.29, 1.82) is 0 Å². The zero-order valence-corrected chi connectivity index (χ0v) is 12.5. The van der Waals surface area contributed by atoms with Crippen molar-refractivity contribution in [2.45, 2.75) is 6.42 Å². The average molecular weight is 307 g/mol. The second-order valence-electron chi connectivity index (χ2n) is 3.85. The van der Waals surface area contributed by atoms with Gasteiger partial charge >= 0.3 is 5.97 Å². The maximum Gasteiger partial charge on any atom is 0.307 e. The first kappa shape index (κ1) is 19.8. The van der Waals surface area contributed by atoms with Crippen LogP contribution in [-0.2, 0) is 33.3 Å². The molecule has 0 aromatic heterocycles. The van der Waals surface area contributed by atoms with Gasteiger partial charge in [-0.2, -0.15) is 0 Å². The van der Waals surface area contributed by atoms with E-state index in [0.717, 1.165) is 0 Å². The van der Waals surface area contributed by atoms with Gasteiger partial charge in [-0.05, 0) is 0 Å². The van der Waals surface area contributed by atoms with E-state index in [1.165, 1.54) is 7.11 Å². The second-order valence-corrected chi connectivity index (χ2v) is 3.85. The molecule has 0 aliphatic carbocycles. The number of methoxy groups -OCH3 is 1.